The first-order valence-corrected chi connectivity index (χ1v) is 12.4. The lowest BCUT2D eigenvalue weighted by Gasteiger charge is -2.28. The Hall–Kier alpha value is -2.24. The standard InChI is InChI=1S/C27H33ClO5/c1-18-8-10-22(11-9-18)31-13-4-7-20-15-21(28)16-23(19-5-2-3-6-19)26(20)33-17-24-25(29)12-14-32-27(24)30/h8-11,15-16,19,24-25,29H,2-7,12-14,17H2,1H3/t24-,25+/m0/s1. The van der Waals surface area contributed by atoms with Crippen molar-refractivity contribution < 1.29 is 24.1 Å². The van der Waals surface area contributed by atoms with Gasteiger partial charge in [0.2, 0.25) is 0 Å². The Bertz CT molecular complexity index is 936. The highest BCUT2D eigenvalue weighted by Crippen LogP contribution is 2.42. The zero-order chi connectivity index (χ0) is 23.2. The van der Waals surface area contributed by atoms with E-state index in [1.165, 1.54) is 18.4 Å². The number of aliphatic hydroxyl groups excluding tert-OH is 1. The summed E-state index contributed by atoms with van der Waals surface area (Å²) in [4.78, 5) is 12.2. The number of aryl methyl sites for hydroxylation is 2. The first kappa shape index (κ1) is 23.9. The van der Waals surface area contributed by atoms with Crippen LogP contribution in [0.2, 0.25) is 5.02 Å². The van der Waals surface area contributed by atoms with Gasteiger partial charge in [-0.25, -0.2) is 0 Å². The molecule has 0 aromatic heterocycles. The van der Waals surface area contributed by atoms with E-state index >= 15 is 0 Å². The van der Waals surface area contributed by atoms with Crippen LogP contribution in [0.25, 0.3) is 0 Å². The molecule has 0 unspecified atom stereocenters. The second kappa shape index (κ2) is 11.3. The molecule has 5 nitrogen and oxygen atoms in total. The highest BCUT2D eigenvalue weighted by Gasteiger charge is 2.34. The van der Waals surface area contributed by atoms with Crippen molar-refractivity contribution in [3.05, 3.63) is 58.1 Å². The Morgan fingerprint density at radius 1 is 1.09 bits per heavy atom. The summed E-state index contributed by atoms with van der Waals surface area (Å²) >= 11 is 6.52. The second-order valence-electron chi connectivity index (χ2n) is 9.17. The van der Waals surface area contributed by atoms with Gasteiger partial charge in [-0.3, -0.25) is 4.79 Å². The maximum Gasteiger partial charge on any atom is 0.315 e. The van der Waals surface area contributed by atoms with Gasteiger partial charge in [-0.15, -0.1) is 0 Å². The van der Waals surface area contributed by atoms with Crippen LogP contribution in [0.3, 0.4) is 0 Å². The van der Waals surface area contributed by atoms with Crippen LogP contribution in [-0.2, 0) is 16.0 Å². The summed E-state index contributed by atoms with van der Waals surface area (Å²) in [6.07, 6.45) is 5.89. The van der Waals surface area contributed by atoms with Crippen LogP contribution in [0.4, 0.5) is 0 Å². The number of hydrogen-bond donors (Lipinski definition) is 1. The molecule has 33 heavy (non-hydrogen) atoms. The smallest absolute Gasteiger partial charge is 0.315 e. The van der Waals surface area contributed by atoms with Gasteiger partial charge in [0, 0.05) is 11.4 Å². The van der Waals surface area contributed by atoms with Gasteiger partial charge in [0.1, 0.15) is 24.0 Å². The number of hydrogen-bond acceptors (Lipinski definition) is 5. The fourth-order valence-electron chi connectivity index (χ4n) is 4.76. The summed E-state index contributed by atoms with van der Waals surface area (Å²) in [5.74, 6) is 1.03. The Morgan fingerprint density at radius 2 is 1.85 bits per heavy atom. The van der Waals surface area contributed by atoms with Gasteiger partial charge in [-0.05, 0) is 73.9 Å². The molecule has 4 rings (SSSR count). The van der Waals surface area contributed by atoms with Gasteiger partial charge in [-0.1, -0.05) is 42.1 Å². The van der Waals surface area contributed by atoms with E-state index in [-0.39, 0.29) is 13.2 Å². The highest BCUT2D eigenvalue weighted by molar-refractivity contribution is 6.30. The molecule has 2 aromatic rings. The number of benzene rings is 2. The van der Waals surface area contributed by atoms with Crippen molar-refractivity contribution in [3.63, 3.8) is 0 Å². The monoisotopic (exact) mass is 472 g/mol. The quantitative estimate of drug-likeness (QED) is 0.379. The number of esters is 1. The van der Waals surface area contributed by atoms with E-state index in [9.17, 15) is 9.90 Å². The molecule has 0 bridgehead atoms. The van der Waals surface area contributed by atoms with E-state index in [1.807, 2.05) is 36.4 Å². The predicted molar refractivity (Wildman–Crippen MR) is 128 cm³/mol. The number of aliphatic hydroxyl groups is 1. The van der Waals surface area contributed by atoms with Crippen molar-refractivity contribution in [1.29, 1.82) is 0 Å². The van der Waals surface area contributed by atoms with Crippen LogP contribution < -0.4 is 9.47 Å². The summed E-state index contributed by atoms with van der Waals surface area (Å²) in [5, 5.41) is 11.0. The molecule has 1 saturated heterocycles. The first-order valence-electron chi connectivity index (χ1n) is 12.0. The minimum absolute atomic E-state index is 0.105. The second-order valence-corrected chi connectivity index (χ2v) is 9.61. The lowest BCUT2D eigenvalue weighted by molar-refractivity contribution is -0.162. The Kier molecular flexibility index (Phi) is 8.15. The fraction of sp³-hybridized carbons (Fsp3) is 0.519. The molecule has 1 aliphatic heterocycles. The van der Waals surface area contributed by atoms with Crippen molar-refractivity contribution >= 4 is 17.6 Å². The molecule has 2 aliphatic rings. The minimum Gasteiger partial charge on any atom is -0.494 e. The zero-order valence-corrected chi connectivity index (χ0v) is 20.0. The van der Waals surface area contributed by atoms with Crippen molar-refractivity contribution in [2.45, 2.75) is 63.9 Å². The third-order valence-electron chi connectivity index (χ3n) is 6.67. The zero-order valence-electron chi connectivity index (χ0n) is 19.2. The molecule has 6 heteroatoms. The van der Waals surface area contributed by atoms with Crippen molar-refractivity contribution in [2.75, 3.05) is 19.8 Å². The van der Waals surface area contributed by atoms with Crippen LogP contribution in [-0.4, -0.2) is 37.0 Å². The highest BCUT2D eigenvalue weighted by atomic mass is 35.5. The van der Waals surface area contributed by atoms with E-state index in [0.29, 0.717) is 24.0 Å². The maximum atomic E-state index is 12.2. The summed E-state index contributed by atoms with van der Waals surface area (Å²) in [6, 6.07) is 12.0. The van der Waals surface area contributed by atoms with Crippen LogP contribution in [0.1, 0.15) is 61.1 Å². The molecule has 0 spiro atoms. The van der Waals surface area contributed by atoms with Crippen molar-refractivity contribution in [1.82, 2.24) is 0 Å². The average molecular weight is 473 g/mol. The normalized spacial score (nSPS) is 21.1. The van der Waals surface area contributed by atoms with Gasteiger partial charge in [-0.2, -0.15) is 0 Å². The third kappa shape index (κ3) is 6.21. The van der Waals surface area contributed by atoms with Crippen molar-refractivity contribution in [2.24, 2.45) is 5.92 Å². The van der Waals surface area contributed by atoms with Crippen LogP contribution >= 0.6 is 11.6 Å². The maximum absolute atomic E-state index is 12.2. The molecule has 178 valence electrons. The van der Waals surface area contributed by atoms with Gasteiger partial charge < -0.3 is 19.3 Å². The number of rotatable bonds is 9. The van der Waals surface area contributed by atoms with E-state index in [0.717, 1.165) is 48.3 Å². The largest absolute Gasteiger partial charge is 0.494 e. The molecular weight excluding hydrogens is 440 g/mol. The summed E-state index contributed by atoms with van der Waals surface area (Å²) in [6.45, 7) is 3.01. The molecule has 0 amide bonds. The topological polar surface area (TPSA) is 65.0 Å². The predicted octanol–water partition coefficient (Wildman–Crippen LogP) is 5.62. The van der Waals surface area contributed by atoms with Crippen LogP contribution in [0.5, 0.6) is 11.5 Å². The van der Waals surface area contributed by atoms with Gasteiger partial charge in [0.15, 0.2) is 0 Å². The molecule has 2 fully saturated rings. The molecule has 1 saturated carbocycles. The lowest BCUT2D eigenvalue weighted by atomic mass is 9.93. The lowest BCUT2D eigenvalue weighted by Crippen LogP contribution is -2.40. The number of halogens is 1. The molecule has 1 heterocycles. The molecule has 1 aliphatic carbocycles. The minimum atomic E-state index is -0.736. The fourth-order valence-corrected chi connectivity index (χ4v) is 5.01. The van der Waals surface area contributed by atoms with E-state index in [4.69, 9.17) is 25.8 Å². The average Bonchev–Trinajstić information content (AvgIpc) is 3.33. The first-order chi connectivity index (χ1) is 16.0. The SMILES string of the molecule is Cc1ccc(OCCCc2cc(Cl)cc(C3CCCC3)c2OC[C@@H]2C(=O)OCC[C@H]2O)cc1. The Morgan fingerprint density at radius 3 is 2.58 bits per heavy atom. The van der Waals surface area contributed by atoms with Crippen LogP contribution in [0, 0.1) is 12.8 Å². The van der Waals surface area contributed by atoms with Crippen molar-refractivity contribution in [3.8, 4) is 11.5 Å². The molecule has 2 aromatic carbocycles. The third-order valence-corrected chi connectivity index (χ3v) is 6.89. The molecule has 1 N–H and O–H groups in total. The molecule has 2 atom stereocenters. The number of carbonyl (C=O) groups is 1. The summed E-state index contributed by atoms with van der Waals surface area (Å²) in [7, 11) is 0. The van der Waals surface area contributed by atoms with E-state index < -0.39 is 18.0 Å². The number of carbonyl (C=O) groups excluding carboxylic acids is 1. The summed E-state index contributed by atoms with van der Waals surface area (Å²) < 4.78 is 17.3. The Labute approximate surface area is 201 Å². The van der Waals surface area contributed by atoms with Gasteiger partial charge in [0.25, 0.3) is 0 Å². The van der Waals surface area contributed by atoms with Gasteiger partial charge in [0.05, 0.1) is 19.3 Å². The molecular formula is C27H33ClO5. The van der Waals surface area contributed by atoms with E-state index in [1.54, 1.807) is 0 Å². The van der Waals surface area contributed by atoms with Crippen LogP contribution in [0.15, 0.2) is 36.4 Å². The summed E-state index contributed by atoms with van der Waals surface area (Å²) in [5.41, 5.74) is 3.35. The number of cyclic esters (lactones) is 1. The Balaban J connectivity index is 1.48. The van der Waals surface area contributed by atoms with Gasteiger partial charge >= 0.3 is 5.97 Å². The number of ether oxygens (including phenoxy) is 3. The van der Waals surface area contributed by atoms with E-state index in [2.05, 4.69) is 6.92 Å². The molecule has 0 radical (unpaired) electrons.